The molecule has 1 aliphatic heterocycles. The van der Waals surface area contributed by atoms with E-state index >= 15 is 0 Å². The molecule has 1 saturated carbocycles. The van der Waals surface area contributed by atoms with Crippen LogP contribution in [0.5, 0.6) is 0 Å². The number of hydrogen-bond acceptors (Lipinski definition) is 2. The number of rotatable bonds is 2. The second kappa shape index (κ2) is 5.07. The molecular weight excluding hydrogens is 243 g/mol. The Labute approximate surface area is 112 Å². The van der Waals surface area contributed by atoms with Crippen LogP contribution in [0.15, 0.2) is 29.3 Å². The fraction of sp³-hybridized carbons (Fsp3) is 0.500. The molecule has 1 saturated heterocycles. The minimum Gasteiger partial charge on any atom is -0.370 e. The van der Waals surface area contributed by atoms with Crippen LogP contribution < -0.4 is 10.6 Å². The Hall–Kier alpha value is -1.78. The SMILES string of the molecule is NC(=NC1CC1)N1CCN(c2ccccc2F)CC1. The van der Waals surface area contributed by atoms with Crippen LogP contribution in [0.3, 0.4) is 0 Å². The molecule has 0 amide bonds. The number of halogens is 1. The molecule has 19 heavy (non-hydrogen) atoms. The molecule has 1 aliphatic carbocycles. The monoisotopic (exact) mass is 262 g/mol. The second-order valence-electron chi connectivity index (χ2n) is 5.14. The van der Waals surface area contributed by atoms with Gasteiger partial charge < -0.3 is 15.5 Å². The van der Waals surface area contributed by atoms with Crippen LogP contribution in [0.4, 0.5) is 10.1 Å². The Morgan fingerprint density at radius 3 is 2.47 bits per heavy atom. The standard InChI is InChI=1S/C14H19FN4/c15-12-3-1-2-4-13(12)18-7-9-19(10-8-18)14(16)17-11-5-6-11/h1-4,11H,5-10H2,(H2,16,17). The summed E-state index contributed by atoms with van der Waals surface area (Å²) in [5.74, 6) is 0.492. The van der Waals surface area contributed by atoms with E-state index in [4.69, 9.17) is 5.73 Å². The molecule has 1 aromatic rings. The first-order chi connectivity index (χ1) is 9.24. The Morgan fingerprint density at radius 1 is 1.16 bits per heavy atom. The van der Waals surface area contributed by atoms with E-state index in [0.29, 0.717) is 17.7 Å². The van der Waals surface area contributed by atoms with E-state index in [9.17, 15) is 4.39 Å². The highest BCUT2D eigenvalue weighted by Crippen LogP contribution is 2.24. The van der Waals surface area contributed by atoms with Gasteiger partial charge in [0.15, 0.2) is 5.96 Å². The van der Waals surface area contributed by atoms with Gasteiger partial charge in [-0.25, -0.2) is 9.38 Å². The van der Waals surface area contributed by atoms with Crippen LogP contribution in [-0.2, 0) is 0 Å². The van der Waals surface area contributed by atoms with E-state index in [1.807, 2.05) is 12.1 Å². The van der Waals surface area contributed by atoms with E-state index in [1.165, 1.54) is 6.07 Å². The summed E-state index contributed by atoms with van der Waals surface area (Å²) in [4.78, 5) is 8.61. The number of para-hydroxylation sites is 1. The van der Waals surface area contributed by atoms with Gasteiger partial charge in [-0.15, -0.1) is 0 Å². The first kappa shape index (κ1) is 12.3. The largest absolute Gasteiger partial charge is 0.370 e. The van der Waals surface area contributed by atoms with Crippen molar-refractivity contribution in [1.29, 1.82) is 0 Å². The molecule has 0 atom stereocenters. The van der Waals surface area contributed by atoms with E-state index < -0.39 is 0 Å². The van der Waals surface area contributed by atoms with Crippen LogP contribution in [0.1, 0.15) is 12.8 Å². The molecule has 1 aromatic carbocycles. The molecule has 0 unspecified atom stereocenters. The summed E-state index contributed by atoms with van der Waals surface area (Å²) in [6.07, 6.45) is 2.33. The van der Waals surface area contributed by atoms with Gasteiger partial charge in [-0.2, -0.15) is 0 Å². The molecule has 0 spiro atoms. The van der Waals surface area contributed by atoms with Crippen LogP contribution in [0.2, 0.25) is 0 Å². The third kappa shape index (κ3) is 2.80. The van der Waals surface area contributed by atoms with Crippen LogP contribution >= 0.6 is 0 Å². The summed E-state index contributed by atoms with van der Waals surface area (Å²) < 4.78 is 13.7. The highest BCUT2D eigenvalue weighted by atomic mass is 19.1. The molecule has 3 rings (SSSR count). The van der Waals surface area contributed by atoms with Crippen molar-refractivity contribution >= 4 is 11.6 Å². The van der Waals surface area contributed by atoms with Crippen LogP contribution in [0, 0.1) is 5.82 Å². The minimum absolute atomic E-state index is 0.157. The van der Waals surface area contributed by atoms with Crippen molar-refractivity contribution in [3.63, 3.8) is 0 Å². The summed E-state index contributed by atoms with van der Waals surface area (Å²) in [6, 6.07) is 7.37. The lowest BCUT2D eigenvalue weighted by atomic mass is 10.2. The maximum atomic E-state index is 13.7. The average Bonchev–Trinajstić information content (AvgIpc) is 3.23. The maximum Gasteiger partial charge on any atom is 0.191 e. The molecule has 2 aliphatic rings. The average molecular weight is 262 g/mol. The highest BCUT2D eigenvalue weighted by Gasteiger charge is 2.24. The molecule has 2 N–H and O–H groups in total. The lowest BCUT2D eigenvalue weighted by molar-refractivity contribution is 0.378. The topological polar surface area (TPSA) is 44.9 Å². The first-order valence-electron chi connectivity index (χ1n) is 6.82. The lowest BCUT2D eigenvalue weighted by Gasteiger charge is -2.36. The fourth-order valence-corrected chi connectivity index (χ4v) is 2.36. The van der Waals surface area contributed by atoms with Crippen molar-refractivity contribution in [2.24, 2.45) is 10.7 Å². The molecular formula is C14H19FN4. The number of benzene rings is 1. The molecule has 4 nitrogen and oxygen atoms in total. The minimum atomic E-state index is -0.157. The molecule has 102 valence electrons. The summed E-state index contributed by atoms with van der Waals surface area (Å²) in [7, 11) is 0. The number of nitrogens with two attached hydrogens (primary N) is 1. The van der Waals surface area contributed by atoms with E-state index in [2.05, 4.69) is 14.8 Å². The summed E-state index contributed by atoms with van der Waals surface area (Å²) in [5.41, 5.74) is 6.67. The smallest absolute Gasteiger partial charge is 0.191 e. The number of hydrogen-bond donors (Lipinski definition) is 1. The Balaban J connectivity index is 1.61. The number of aliphatic imine (C=N–C) groups is 1. The normalized spacial score (nSPS) is 20.8. The zero-order valence-electron chi connectivity index (χ0n) is 10.9. The lowest BCUT2D eigenvalue weighted by Crippen LogP contribution is -2.51. The van der Waals surface area contributed by atoms with Crippen molar-refractivity contribution in [3.05, 3.63) is 30.1 Å². The number of guanidine groups is 1. The number of nitrogens with zero attached hydrogens (tertiary/aromatic N) is 3. The van der Waals surface area contributed by atoms with Gasteiger partial charge in [0.2, 0.25) is 0 Å². The second-order valence-corrected chi connectivity index (χ2v) is 5.14. The Morgan fingerprint density at radius 2 is 1.84 bits per heavy atom. The third-order valence-electron chi connectivity index (χ3n) is 3.66. The number of anilines is 1. The number of piperazine rings is 1. The summed E-state index contributed by atoms with van der Waals surface area (Å²) in [5, 5.41) is 0. The van der Waals surface area contributed by atoms with E-state index in [-0.39, 0.29) is 5.82 Å². The predicted molar refractivity (Wildman–Crippen MR) is 74.8 cm³/mol. The van der Waals surface area contributed by atoms with Gasteiger partial charge in [0.05, 0.1) is 11.7 Å². The van der Waals surface area contributed by atoms with Crippen molar-refractivity contribution < 1.29 is 4.39 Å². The summed E-state index contributed by atoms with van der Waals surface area (Å²) >= 11 is 0. The van der Waals surface area contributed by atoms with Gasteiger partial charge in [-0.05, 0) is 25.0 Å². The summed E-state index contributed by atoms with van der Waals surface area (Å²) in [6.45, 7) is 3.16. The van der Waals surface area contributed by atoms with Crippen LogP contribution in [0.25, 0.3) is 0 Å². The van der Waals surface area contributed by atoms with Gasteiger partial charge >= 0.3 is 0 Å². The third-order valence-corrected chi connectivity index (χ3v) is 3.66. The molecule has 0 aromatic heterocycles. The molecule has 0 radical (unpaired) electrons. The molecule has 2 fully saturated rings. The Kier molecular flexibility index (Phi) is 3.27. The zero-order chi connectivity index (χ0) is 13.2. The van der Waals surface area contributed by atoms with Gasteiger partial charge in [0, 0.05) is 26.2 Å². The van der Waals surface area contributed by atoms with E-state index in [1.54, 1.807) is 6.07 Å². The quantitative estimate of drug-likeness (QED) is 0.647. The van der Waals surface area contributed by atoms with Crippen molar-refractivity contribution in [2.45, 2.75) is 18.9 Å². The molecule has 1 heterocycles. The van der Waals surface area contributed by atoms with Gasteiger partial charge in [0.25, 0.3) is 0 Å². The molecule has 0 bridgehead atoms. The van der Waals surface area contributed by atoms with Crippen molar-refractivity contribution in [1.82, 2.24) is 4.90 Å². The first-order valence-corrected chi connectivity index (χ1v) is 6.82. The highest BCUT2D eigenvalue weighted by molar-refractivity contribution is 5.78. The van der Waals surface area contributed by atoms with Gasteiger partial charge in [0.1, 0.15) is 5.82 Å². The van der Waals surface area contributed by atoms with Crippen LogP contribution in [-0.4, -0.2) is 43.1 Å². The van der Waals surface area contributed by atoms with Crippen molar-refractivity contribution in [2.75, 3.05) is 31.1 Å². The zero-order valence-corrected chi connectivity index (χ0v) is 10.9. The molecule has 5 heteroatoms. The Bertz CT molecular complexity index is 476. The van der Waals surface area contributed by atoms with Gasteiger partial charge in [-0.3, -0.25) is 0 Å². The predicted octanol–water partition coefficient (Wildman–Crippen LogP) is 1.42. The van der Waals surface area contributed by atoms with Gasteiger partial charge in [-0.1, -0.05) is 12.1 Å². The fourth-order valence-electron chi connectivity index (χ4n) is 2.36. The van der Waals surface area contributed by atoms with E-state index in [0.717, 1.165) is 39.0 Å². The van der Waals surface area contributed by atoms with Crippen molar-refractivity contribution in [3.8, 4) is 0 Å². The maximum absolute atomic E-state index is 13.7.